The molecule has 8 heteroatoms. The van der Waals surface area contributed by atoms with Crippen molar-refractivity contribution in [3.8, 4) is 5.75 Å². The number of ether oxygens (including phenoxy) is 1. The molecule has 0 aromatic heterocycles. The monoisotopic (exact) mass is 438 g/mol. The number of carbonyl (C=O) groups is 1. The fourth-order valence-electron chi connectivity index (χ4n) is 2.69. The first-order valence-corrected chi connectivity index (χ1v) is 11.0. The van der Waals surface area contributed by atoms with Crippen LogP contribution in [0.4, 0.5) is 0 Å². The highest BCUT2D eigenvalue weighted by molar-refractivity contribution is 7.89. The van der Waals surface area contributed by atoms with Crippen molar-refractivity contribution in [1.29, 1.82) is 0 Å². The lowest BCUT2D eigenvalue weighted by atomic mass is 9.86. The Morgan fingerprint density at radius 1 is 1.10 bits per heavy atom. The van der Waals surface area contributed by atoms with Crippen molar-refractivity contribution in [1.82, 2.24) is 9.62 Å². The van der Waals surface area contributed by atoms with Crippen LogP contribution in [0.1, 0.15) is 26.3 Å². The number of carbonyl (C=O) groups excluding carboxylic acids is 1. The van der Waals surface area contributed by atoms with E-state index in [1.807, 2.05) is 24.3 Å². The molecule has 0 radical (unpaired) electrons. The molecule has 2 rings (SSSR count). The zero-order valence-corrected chi connectivity index (χ0v) is 18.7. The van der Waals surface area contributed by atoms with Crippen LogP contribution < -0.4 is 10.1 Å². The van der Waals surface area contributed by atoms with Crippen LogP contribution in [-0.4, -0.2) is 45.4 Å². The number of likely N-dealkylation sites (N-methyl/N-ethyl adjacent to an activating group) is 1. The van der Waals surface area contributed by atoms with E-state index in [1.54, 1.807) is 0 Å². The molecular weight excluding hydrogens is 412 g/mol. The molecule has 0 aliphatic rings. The highest BCUT2D eigenvalue weighted by Crippen LogP contribution is 2.30. The second-order valence-electron chi connectivity index (χ2n) is 7.66. The van der Waals surface area contributed by atoms with Gasteiger partial charge in [0.05, 0.1) is 18.0 Å². The summed E-state index contributed by atoms with van der Waals surface area (Å²) >= 11 is 5.79. The second kappa shape index (κ2) is 9.61. The van der Waals surface area contributed by atoms with Gasteiger partial charge in [0.25, 0.3) is 0 Å². The van der Waals surface area contributed by atoms with Crippen LogP contribution in [0, 0.1) is 0 Å². The third-order valence-electron chi connectivity index (χ3n) is 4.26. The molecule has 0 bridgehead atoms. The molecule has 158 valence electrons. The molecule has 0 atom stereocenters. The zero-order chi connectivity index (χ0) is 21.7. The number of nitrogens with one attached hydrogen (secondary N) is 1. The molecule has 0 heterocycles. The molecule has 0 fully saturated rings. The van der Waals surface area contributed by atoms with E-state index in [0.29, 0.717) is 5.02 Å². The number of para-hydroxylation sites is 1. The van der Waals surface area contributed by atoms with E-state index in [1.165, 1.54) is 31.3 Å². The topological polar surface area (TPSA) is 75.7 Å². The zero-order valence-electron chi connectivity index (χ0n) is 17.1. The van der Waals surface area contributed by atoms with Crippen molar-refractivity contribution >= 4 is 27.5 Å². The van der Waals surface area contributed by atoms with Crippen molar-refractivity contribution in [2.24, 2.45) is 0 Å². The van der Waals surface area contributed by atoms with Crippen LogP contribution in [-0.2, 0) is 20.2 Å². The van der Waals surface area contributed by atoms with Gasteiger partial charge < -0.3 is 10.1 Å². The number of rotatable bonds is 8. The average Bonchev–Trinajstić information content (AvgIpc) is 2.65. The van der Waals surface area contributed by atoms with Gasteiger partial charge in [-0.15, -0.1) is 0 Å². The van der Waals surface area contributed by atoms with E-state index < -0.39 is 15.9 Å². The average molecular weight is 439 g/mol. The third kappa shape index (κ3) is 6.45. The summed E-state index contributed by atoms with van der Waals surface area (Å²) in [5.41, 5.74) is 1.03. The molecule has 0 spiro atoms. The lowest BCUT2D eigenvalue weighted by Crippen LogP contribution is -2.39. The lowest BCUT2D eigenvalue weighted by Gasteiger charge is -2.22. The Bertz CT molecular complexity index is 938. The minimum atomic E-state index is -3.76. The summed E-state index contributed by atoms with van der Waals surface area (Å²) < 4.78 is 31.8. The van der Waals surface area contributed by atoms with Gasteiger partial charge in [0.2, 0.25) is 15.9 Å². The maximum atomic E-state index is 12.5. The summed E-state index contributed by atoms with van der Waals surface area (Å²) in [5.74, 6) is 0.370. The molecule has 0 aliphatic carbocycles. The Morgan fingerprint density at radius 3 is 2.34 bits per heavy atom. The van der Waals surface area contributed by atoms with Gasteiger partial charge in [-0.3, -0.25) is 4.79 Å². The van der Waals surface area contributed by atoms with Gasteiger partial charge in [0.1, 0.15) is 12.4 Å². The summed E-state index contributed by atoms with van der Waals surface area (Å²) in [6.07, 6.45) is 0. The first kappa shape index (κ1) is 23.2. The summed E-state index contributed by atoms with van der Waals surface area (Å²) in [6.45, 7) is 6.58. The van der Waals surface area contributed by atoms with Gasteiger partial charge in [0.15, 0.2) is 0 Å². The number of halogens is 1. The van der Waals surface area contributed by atoms with E-state index in [9.17, 15) is 13.2 Å². The van der Waals surface area contributed by atoms with Gasteiger partial charge in [-0.2, -0.15) is 4.31 Å². The van der Waals surface area contributed by atoms with E-state index >= 15 is 0 Å². The predicted octanol–water partition coefficient (Wildman–Crippen LogP) is 3.45. The molecule has 1 amide bonds. The number of hydrogen-bond donors (Lipinski definition) is 1. The highest BCUT2D eigenvalue weighted by Gasteiger charge is 2.23. The molecule has 0 aliphatic heterocycles. The van der Waals surface area contributed by atoms with Crippen molar-refractivity contribution < 1.29 is 17.9 Å². The van der Waals surface area contributed by atoms with E-state index in [2.05, 4.69) is 26.1 Å². The first-order chi connectivity index (χ1) is 13.5. The SMILES string of the molecule is CN(CC(=O)NCCOc1ccccc1C(C)(C)C)S(=O)(=O)c1ccc(Cl)cc1. The van der Waals surface area contributed by atoms with Gasteiger partial charge in [-0.05, 0) is 41.3 Å². The summed E-state index contributed by atoms with van der Waals surface area (Å²) in [5, 5.41) is 3.13. The standard InChI is InChI=1S/C21H27ClN2O4S/c1-21(2,3)18-7-5-6-8-19(18)28-14-13-23-20(25)15-24(4)29(26,27)17-11-9-16(22)10-12-17/h5-12H,13-15H2,1-4H3,(H,23,25). The first-order valence-electron chi connectivity index (χ1n) is 9.23. The van der Waals surface area contributed by atoms with Crippen LogP contribution in [0.25, 0.3) is 0 Å². The number of hydrogen-bond acceptors (Lipinski definition) is 4. The van der Waals surface area contributed by atoms with Crippen molar-refractivity contribution in [3.05, 3.63) is 59.1 Å². The fraction of sp³-hybridized carbons (Fsp3) is 0.381. The van der Waals surface area contributed by atoms with E-state index in [0.717, 1.165) is 15.6 Å². The van der Waals surface area contributed by atoms with Crippen molar-refractivity contribution in [2.75, 3.05) is 26.7 Å². The van der Waals surface area contributed by atoms with E-state index in [-0.39, 0.29) is 30.0 Å². The Kier molecular flexibility index (Phi) is 7.68. The molecule has 0 saturated carbocycles. The maximum absolute atomic E-state index is 12.5. The second-order valence-corrected chi connectivity index (χ2v) is 10.1. The molecule has 29 heavy (non-hydrogen) atoms. The Hall–Kier alpha value is -2.09. The Morgan fingerprint density at radius 2 is 1.72 bits per heavy atom. The van der Waals surface area contributed by atoms with Crippen LogP contribution >= 0.6 is 11.6 Å². The highest BCUT2D eigenvalue weighted by atomic mass is 35.5. The number of sulfonamides is 1. The van der Waals surface area contributed by atoms with Gasteiger partial charge in [0, 0.05) is 12.1 Å². The molecular formula is C21H27ClN2O4S. The Labute approximate surface area is 177 Å². The fourth-order valence-corrected chi connectivity index (χ4v) is 3.95. The summed E-state index contributed by atoms with van der Waals surface area (Å²) in [6, 6.07) is 13.6. The molecule has 2 aromatic carbocycles. The normalized spacial score (nSPS) is 12.1. The minimum absolute atomic E-state index is 0.0570. The minimum Gasteiger partial charge on any atom is -0.491 e. The molecule has 0 unspecified atom stereocenters. The van der Waals surface area contributed by atoms with Gasteiger partial charge >= 0.3 is 0 Å². The predicted molar refractivity (Wildman–Crippen MR) is 115 cm³/mol. The molecule has 0 saturated heterocycles. The van der Waals surface area contributed by atoms with Crippen molar-refractivity contribution in [3.63, 3.8) is 0 Å². The van der Waals surface area contributed by atoms with Crippen molar-refractivity contribution in [2.45, 2.75) is 31.1 Å². The molecule has 1 N–H and O–H groups in total. The number of amides is 1. The molecule has 6 nitrogen and oxygen atoms in total. The number of benzene rings is 2. The molecule has 2 aromatic rings. The van der Waals surface area contributed by atoms with Gasteiger partial charge in [-0.25, -0.2) is 8.42 Å². The van der Waals surface area contributed by atoms with Gasteiger partial charge in [-0.1, -0.05) is 50.6 Å². The van der Waals surface area contributed by atoms with Crippen LogP contribution in [0.5, 0.6) is 5.75 Å². The van der Waals surface area contributed by atoms with Crippen LogP contribution in [0.15, 0.2) is 53.4 Å². The summed E-state index contributed by atoms with van der Waals surface area (Å²) in [7, 11) is -2.40. The lowest BCUT2D eigenvalue weighted by molar-refractivity contribution is -0.121. The maximum Gasteiger partial charge on any atom is 0.243 e. The number of nitrogens with zero attached hydrogens (tertiary/aromatic N) is 1. The third-order valence-corrected chi connectivity index (χ3v) is 6.33. The Balaban J connectivity index is 1.85. The smallest absolute Gasteiger partial charge is 0.243 e. The quantitative estimate of drug-likeness (QED) is 0.640. The largest absolute Gasteiger partial charge is 0.491 e. The van der Waals surface area contributed by atoms with E-state index in [4.69, 9.17) is 16.3 Å². The van der Waals surface area contributed by atoms with Crippen LogP contribution in [0.2, 0.25) is 5.02 Å². The summed E-state index contributed by atoms with van der Waals surface area (Å²) in [4.78, 5) is 12.2. The van der Waals surface area contributed by atoms with Crippen LogP contribution in [0.3, 0.4) is 0 Å².